The molecule has 0 saturated carbocycles. The summed E-state index contributed by atoms with van der Waals surface area (Å²) in [4.78, 5) is 36.7. The monoisotopic (exact) mass is 660 g/mol. The van der Waals surface area contributed by atoms with E-state index in [1.807, 2.05) is 115 Å². The summed E-state index contributed by atoms with van der Waals surface area (Å²) in [7, 11) is 0. The minimum absolute atomic E-state index is 0.00644. The van der Waals surface area contributed by atoms with E-state index in [9.17, 15) is 29.7 Å². The molecule has 0 fully saturated rings. The molecule has 8 heteroatoms. The molecular weight excluding hydrogens is 620 g/mol. The highest BCUT2D eigenvalue weighted by molar-refractivity contribution is 6.04. The van der Waals surface area contributed by atoms with Gasteiger partial charge in [0.15, 0.2) is 5.78 Å². The fraction of sp³-hybridized carbons (Fsp3) is 0.244. The van der Waals surface area contributed by atoms with Crippen LogP contribution >= 0.6 is 0 Å². The Kier molecular flexibility index (Phi) is 11.7. The molecule has 1 aliphatic heterocycles. The molecule has 1 aliphatic rings. The van der Waals surface area contributed by atoms with Gasteiger partial charge in [-0.05, 0) is 42.4 Å². The summed E-state index contributed by atoms with van der Waals surface area (Å²) in [5, 5.41) is 42.8. The number of carboxylic acid groups (broad SMARTS) is 2. The fourth-order valence-electron chi connectivity index (χ4n) is 6.31. The molecule has 49 heavy (non-hydrogen) atoms. The predicted octanol–water partition coefficient (Wildman–Crippen LogP) is 8.80. The molecule has 0 bridgehead atoms. The first-order valence-electron chi connectivity index (χ1n) is 16.5. The van der Waals surface area contributed by atoms with Crippen LogP contribution in [-0.2, 0) is 9.59 Å². The van der Waals surface area contributed by atoms with Gasteiger partial charge >= 0.3 is 11.9 Å². The van der Waals surface area contributed by atoms with E-state index in [0.29, 0.717) is 18.4 Å². The molecule has 0 saturated heterocycles. The largest absolute Gasteiger partial charge is 0.507 e. The number of phenols is 2. The second kappa shape index (κ2) is 16.5. The molecule has 0 radical (unpaired) electrons. The normalized spacial score (nSPS) is 15.5. The number of carbonyl (C=O) groups excluding carboxylic acids is 1. The molecule has 0 aliphatic carbocycles. The number of ether oxygens (including phenoxy) is 1. The lowest BCUT2D eigenvalue weighted by Gasteiger charge is -2.32. The molecule has 1 heterocycles. The van der Waals surface area contributed by atoms with Crippen LogP contribution in [0.1, 0.15) is 101 Å². The van der Waals surface area contributed by atoms with E-state index in [1.54, 1.807) is 0 Å². The van der Waals surface area contributed by atoms with Crippen LogP contribution in [0.2, 0.25) is 0 Å². The molecule has 8 nitrogen and oxygen atoms in total. The molecule has 5 rings (SSSR count). The molecule has 4 N–H and O–H groups in total. The van der Waals surface area contributed by atoms with E-state index in [1.165, 1.54) is 0 Å². The molecule has 3 unspecified atom stereocenters. The summed E-state index contributed by atoms with van der Waals surface area (Å²) in [5.41, 5.74) is 2.83. The Hall–Kier alpha value is -5.63. The highest BCUT2D eigenvalue weighted by atomic mass is 16.5. The van der Waals surface area contributed by atoms with Gasteiger partial charge in [0.25, 0.3) is 0 Å². The maximum absolute atomic E-state index is 14.0. The number of carbonyl (C=O) groups is 3. The van der Waals surface area contributed by atoms with Crippen LogP contribution in [0.25, 0.3) is 6.08 Å². The molecule has 0 amide bonds. The molecule has 4 aromatic rings. The lowest BCUT2D eigenvalue weighted by molar-refractivity contribution is -0.138. The summed E-state index contributed by atoms with van der Waals surface area (Å²) in [6, 6.07) is 28.2. The highest BCUT2D eigenvalue weighted by Crippen LogP contribution is 2.54. The summed E-state index contributed by atoms with van der Waals surface area (Å²) < 4.78 is 6.57. The van der Waals surface area contributed by atoms with E-state index in [0.717, 1.165) is 16.7 Å². The number of allylic oxidation sites excluding steroid dienone is 3. The maximum Gasteiger partial charge on any atom is 0.303 e. The number of fused-ring (bicyclic) bond motifs is 1. The van der Waals surface area contributed by atoms with Gasteiger partial charge in [0, 0.05) is 35.8 Å². The van der Waals surface area contributed by atoms with Gasteiger partial charge in [-0.1, -0.05) is 115 Å². The zero-order chi connectivity index (χ0) is 34.8. The van der Waals surface area contributed by atoms with E-state index < -0.39 is 29.9 Å². The fourth-order valence-corrected chi connectivity index (χ4v) is 6.31. The van der Waals surface area contributed by atoms with Crippen LogP contribution in [-0.4, -0.2) is 38.1 Å². The lowest BCUT2D eigenvalue weighted by atomic mass is 9.80. The van der Waals surface area contributed by atoms with Gasteiger partial charge in [-0.25, -0.2) is 0 Å². The Morgan fingerprint density at radius 3 is 2.04 bits per heavy atom. The number of hydrogen-bond donors (Lipinski definition) is 4. The third-order valence-electron chi connectivity index (χ3n) is 8.71. The molecular formula is C41H40O8. The van der Waals surface area contributed by atoms with Crippen molar-refractivity contribution < 1.29 is 39.5 Å². The van der Waals surface area contributed by atoms with Crippen molar-refractivity contribution in [2.24, 2.45) is 0 Å². The van der Waals surface area contributed by atoms with Gasteiger partial charge in [-0.15, -0.1) is 0 Å². The highest BCUT2D eigenvalue weighted by Gasteiger charge is 2.39. The second-order valence-corrected chi connectivity index (χ2v) is 12.1. The number of phenolic OH excluding ortho intramolecular Hbond substituents is 2. The number of ketones is 1. The zero-order valence-corrected chi connectivity index (χ0v) is 27.1. The van der Waals surface area contributed by atoms with Crippen molar-refractivity contribution in [2.75, 3.05) is 0 Å². The lowest BCUT2D eigenvalue weighted by Crippen LogP contribution is -2.23. The first-order valence-corrected chi connectivity index (χ1v) is 16.5. The van der Waals surface area contributed by atoms with Crippen molar-refractivity contribution in [3.8, 4) is 17.2 Å². The Bertz CT molecular complexity index is 1810. The van der Waals surface area contributed by atoms with Crippen molar-refractivity contribution in [1.82, 2.24) is 0 Å². The van der Waals surface area contributed by atoms with Crippen molar-refractivity contribution in [2.45, 2.75) is 62.9 Å². The first-order chi connectivity index (χ1) is 23.7. The first kappa shape index (κ1) is 34.7. The average molecular weight is 661 g/mol. The minimum Gasteiger partial charge on any atom is -0.507 e. The predicted molar refractivity (Wildman–Crippen MR) is 187 cm³/mol. The topological polar surface area (TPSA) is 141 Å². The third-order valence-corrected chi connectivity index (χ3v) is 8.71. The van der Waals surface area contributed by atoms with Gasteiger partial charge < -0.3 is 25.2 Å². The van der Waals surface area contributed by atoms with Crippen LogP contribution in [0, 0.1) is 0 Å². The van der Waals surface area contributed by atoms with Crippen molar-refractivity contribution in [3.63, 3.8) is 0 Å². The van der Waals surface area contributed by atoms with E-state index in [2.05, 4.69) is 0 Å². The van der Waals surface area contributed by atoms with Gasteiger partial charge in [0.1, 0.15) is 28.9 Å². The number of hydrogen-bond acceptors (Lipinski definition) is 6. The molecule has 0 aromatic heterocycles. The quantitative estimate of drug-likeness (QED) is 0.0732. The molecule has 0 spiro atoms. The zero-order valence-electron chi connectivity index (χ0n) is 27.1. The number of benzene rings is 4. The minimum atomic E-state index is -0.960. The SMILES string of the molecule is O=C(O)CCCC=CC(c1ccccc1)c1c(O)c(C(C=Cc2ccccc2)CCCC(=O)O)c(O)c2c1OC(c1ccccc1)CC2=O. The van der Waals surface area contributed by atoms with Gasteiger partial charge in [-0.2, -0.15) is 0 Å². The van der Waals surface area contributed by atoms with Crippen LogP contribution in [0.15, 0.2) is 109 Å². The summed E-state index contributed by atoms with van der Waals surface area (Å²) >= 11 is 0. The number of rotatable bonds is 15. The van der Waals surface area contributed by atoms with Crippen molar-refractivity contribution in [3.05, 3.63) is 143 Å². The second-order valence-electron chi connectivity index (χ2n) is 12.1. The Morgan fingerprint density at radius 1 is 0.776 bits per heavy atom. The summed E-state index contributed by atoms with van der Waals surface area (Å²) in [6.07, 6.45) is 8.02. The van der Waals surface area contributed by atoms with Crippen molar-refractivity contribution >= 4 is 23.8 Å². The third kappa shape index (κ3) is 8.65. The molecule has 3 atom stereocenters. The van der Waals surface area contributed by atoms with Crippen LogP contribution in [0.4, 0.5) is 0 Å². The average Bonchev–Trinajstić information content (AvgIpc) is 3.10. The number of unbranched alkanes of at least 4 members (excludes halogenated alkanes) is 1. The van der Waals surface area contributed by atoms with Gasteiger partial charge in [0.2, 0.25) is 0 Å². The van der Waals surface area contributed by atoms with E-state index in [4.69, 9.17) is 9.84 Å². The molecule has 252 valence electrons. The van der Waals surface area contributed by atoms with Crippen molar-refractivity contribution in [1.29, 1.82) is 0 Å². The Morgan fingerprint density at radius 2 is 1.39 bits per heavy atom. The number of Topliss-reactive ketones (excluding diaryl/α,β-unsaturated/α-hetero) is 1. The Balaban J connectivity index is 1.72. The number of carboxylic acids is 2. The summed E-state index contributed by atoms with van der Waals surface area (Å²) in [6.45, 7) is 0. The van der Waals surface area contributed by atoms with Crippen LogP contribution < -0.4 is 4.74 Å². The van der Waals surface area contributed by atoms with Gasteiger partial charge in [0.05, 0.1) is 6.42 Å². The number of aromatic hydroxyl groups is 2. The smallest absolute Gasteiger partial charge is 0.303 e. The molecule has 4 aromatic carbocycles. The standard InChI is InChI=1S/C41H40O8/c42-32-26-33(29-18-9-3-10-19-29)49-41-37(31(28-16-7-2-8-17-28)21-11-4-12-22-34(43)44)39(47)36(40(48)38(32)41)30(20-13-23-35(45)46)25-24-27-14-5-1-6-15-27/h1-3,5-11,14-19,21,24-25,30-31,33,47-48H,4,12-13,20,22-23,26H2,(H,43,44)(H,45,46). The van der Waals surface area contributed by atoms with E-state index in [-0.39, 0.29) is 66.3 Å². The van der Waals surface area contributed by atoms with Crippen LogP contribution in [0.3, 0.4) is 0 Å². The Labute approximate surface area is 285 Å². The van der Waals surface area contributed by atoms with E-state index >= 15 is 0 Å². The summed E-state index contributed by atoms with van der Waals surface area (Å²) in [5.74, 6) is -4.04. The van der Waals surface area contributed by atoms with Gasteiger partial charge in [-0.3, -0.25) is 14.4 Å². The van der Waals surface area contributed by atoms with Crippen LogP contribution in [0.5, 0.6) is 17.2 Å². The maximum atomic E-state index is 14.0. The number of aliphatic carboxylic acids is 2.